The van der Waals surface area contributed by atoms with E-state index < -0.39 is 0 Å². The van der Waals surface area contributed by atoms with Gasteiger partial charge in [0.2, 0.25) is 5.91 Å². The number of hydrazone groups is 1. The topological polar surface area (TPSA) is 50.7 Å². The lowest BCUT2D eigenvalue weighted by Gasteiger charge is -2.07. The van der Waals surface area contributed by atoms with Crippen molar-refractivity contribution in [3.8, 4) is 5.75 Å². The fourth-order valence-electron chi connectivity index (χ4n) is 1.20. The summed E-state index contributed by atoms with van der Waals surface area (Å²) in [5.41, 5.74) is 2.38. The number of halogens is 2. The standard InChI is InChI=1S/C12H14Cl2N2O2/c1-2-15-16-12(17)4-3-7-18-11-6-5-9(13)8-10(11)14/h2,5-6,8H,3-4,7H2,1H3,(H,16,17). The number of hydrogen-bond acceptors (Lipinski definition) is 3. The van der Waals surface area contributed by atoms with Crippen molar-refractivity contribution >= 4 is 35.3 Å². The van der Waals surface area contributed by atoms with Crippen LogP contribution < -0.4 is 10.2 Å². The van der Waals surface area contributed by atoms with Gasteiger partial charge in [0.1, 0.15) is 5.75 Å². The Balaban J connectivity index is 2.27. The Bertz CT molecular complexity index is 436. The van der Waals surface area contributed by atoms with Gasteiger partial charge in [0.15, 0.2) is 0 Å². The molecule has 0 aromatic heterocycles. The maximum atomic E-state index is 11.2. The minimum absolute atomic E-state index is 0.140. The molecule has 1 aromatic rings. The molecule has 0 unspecified atom stereocenters. The summed E-state index contributed by atoms with van der Waals surface area (Å²) in [6.45, 7) is 2.14. The minimum Gasteiger partial charge on any atom is -0.492 e. The molecule has 4 nitrogen and oxygen atoms in total. The zero-order valence-electron chi connectivity index (χ0n) is 9.95. The van der Waals surface area contributed by atoms with Crippen molar-refractivity contribution in [2.75, 3.05) is 6.61 Å². The normalized spacial score (nSPS) is 10.6. The average molecular weight is 289 g/mol. The predicted molar refractivity (Wildman–Crippen MR) is 73.5 cm³/mol. The van der Waals surface area contributed by atoms with Gasteiger partial charge < -0.3 is 4.74 Å². The first-order chi connectivity index (χ1) is 8.63. The molecule has 0 aliphatic carbocycles. The molecule has 0 fully saturated rings. The lowest BCUT2D eigenvalue weighted by Crippen LogP contribution is -2.17. The highest BCUT2D eigenvalue weighted by Crippen LogP contribution is 2.27. The molecule has 0 aliphatic heterocycles. The SMILES string of the molecule is CC=NNC(=O)CCCOc1ccc(Cl)cc1Cl. The summed E-state index contributed by atoms with van der Waals surface area (Å²) < 4.78 is 5.44. The maximum absolute atomic E-state index is 11.2. The lowest BCUT2D eigenvalue weighted by molar-refractivity contribution is -0.121. The summed E-state index contributed by atoms with van der Waals surface area (Å²) in [6, 6.07) is 5.01. The smallest absolute Gasteiger partial charge is 0.240 e. The fraction of sp³-hybridized carbons (Fsp3) is 0.333. The summed E-state index contributed by atoms with van der Waals surface area (Å²) in [5.74, 6) is 0.423. The van der Waals surface area contributed by atoms with Crippen molar-refractivity contribution in [2.45, 2.75) is 19.8 Å². The van der Waals surface area contributed by atoms with E-state index in [1.807, 2.05) is 0 Å². The van der Waals surface area contributed by atoms with Crippen LogP contribution in [0.25, 0.3) is 0 Å². The number of amides is 1. The van der Waals surface area contributed by atoms with Crippen LogP contribution in [-0.4, -0.2) is 18.7 Å². The Morgan fingerprint density at radius 1 is 1.50 bits per heavy atom. The van der Waals surface area contributed by atoms with E-state index >= 15 is 0 Å². The maximum Gasteiger partial charge on any atom is 0.240 e. The molecular formula is C12H14Cl2N2O2. The van der Waals surface area contributed by atoms with Crippen LogP contribution in [0.3, 0.4) is 0 Å². The molecule has 0 heterocycles. The van der Waals surface area contributed by atoms with Crippen molar-refractivity contribution in [1.82, 2.24) is 5.43 Å². The second kappa shape index (κ2) is 7.95. The monoisotopic (exact) mass is 288 g/mol. The number of carbonyl (C=O) groups excluding carboxylic acids is 1. The highest BCUT2D eigenvalue weighted by molar-refractivity contribution is 6.35. The molecule has 0 bridgehead atoms. The first kappa shape index (κ1) is 14.8. The van der Waals surface area contributed by atoms with E-state index in [2.05, 4.69) is 10.5 Å². The first-order valence-corrected chi connectivity index (χ1v) is 6.23. The van der Waals surface area contributed by atoms with Gasteiger partial charge in [-0.1, -0.05) is 23.2 Å². The second-order valence-corrected chi connectivity index (χ2v) is 4.29. The van der Waals surface area contributed by atoms with Crippen LogP contribution in [0.2, 0.25) is 10.0 Å². The molecule has 1 N–H and O–H groups in total. The highest BCUT2D eigenvalue weighted by atomic mass is 35.5. The molecule has 0 saturated heterocycles. The van der Waals surface area contributed by atoms with Crippen molar-refractivity contribution in [2.24, 2.45) is 5.10 Å². The van der Waals surface area contributed by atoms with E-state index in [-0.39, 0.29) is 5.91 Å². The lowest BCUT2D eigenvalue weighted by atomic mass is 10.3. The van der Waals surface area contributed by atoms with Crippen LogP contribution in [0.1, 0.15) is 19.8 Å². The van der Waals surface area contributed by atoms with Crippen LogP contribution >= 0.6 is 23.2 Å². The van der Waals surface area contributed by atoms with E-state index in [1.54, 1.807) is 25.1 Å². The third kappa shape index (κ3) is 5.38. The summed E-state index contributed by atoms with van der Waals surface area (Å²) in [5, 5.41) is 4.65. The van der Waals surface area contributed by atoms with Crippen molar-refractivity contribution < 1.29 is 9.53 Å². The molecule has 0 spiro atoms. The number of carbonyl (C=O) groups is 1. The Hall–Kier alpha value is -1.26. The van der Waals surface area contributed by atoms with Crippen molar-refractivity contribution in [3.05, 3.63) is 28.2 Å². The van der Waals surface area contributed by atoms with Crippen LogP contribution in [0, 0.1) is 0 Å². The van der Waals surface area contributed by atoms with E-state index in [4.69, 9.17) is 27.9 Å². The highest BCUT2D eigenvalue weighted by Gasteiger charge is 2.03. The van der Waals surface area contributed by atoms with Gasteiger partial charge in [-0.05, 0) is 31.5 Å². The number of benzene rings is 1. The van der Waals surface area contributed by atoms with Crippen molar-refractivity contribution in [3.63, 3.8) is 0 Å². The molecule has 0 saturated carbocycles. The Morgan fingerprint density at radius 3 is 2.94 bits per heavy atom. The van der Waals surface area contributed by atoms with Gasteiger partial charge in [0.05, 0.1) is 11.6 Å². The number of nitrogens with zero attached hydrogens (tertiary/aromatic N) is 1. The summed E-state index contributed by atoms with van der Waals surface area (Å²) in [7, 11) is 0. The van der Waals surface area contributed by atoms with Gasteiger partial charge in [-0.3, -0.25) is 4.79 Å². The number of rotatable bonds is 6. The third-order valence-electron chi connectivity index (χ3n) is 2.02. The van der Waals surface area contributed by atoms with Crippen LogP contribution in [0.5, 0.6) is 5.75 Å². The van der Waals surface area contributed by atoms with Gasteiger partial charge in [0.25, 0.3) is 0 Å². The van der Waals surface area contributed by atoms with E-state index in [9.17, 15) is 4.79 Å². The van der Waals surface area contributed by atoms with Gasteiger partial charge in [-0.2, -0.15) is 5.10 Å². The summed E-state index contributed by atoms with van der Waals surface area (Å²) in [4.78, 5) is 11.2. The zero-order chi connectivity index (χ0) is 13.4. The second-order valence-electron chi connectivity index (χ2n) is 3.45. The molecule has 6 heteroatoms. The molecule has 0 aliphatic rings. The number of nitrogens with one attached hydrogen (secondary N) is 1. The van der Waals surface area contributed by atoms with Gasteiger partial charge >= 0.3 is 0 Å². The van der Waals surface area contributed by atoms with E-state index in [0.717, 1.165) is 0 Å². The largest absolute Gasteiger partial charge is 0.492 e. The molecule has 1 rings (SSSR count). The minimum atomic E-state index is -0.140. The molecule has 98 valence electrons. The zero-order valence-corrected chi connectivity index (χ0v) is 11.5. The molecule has 0 radical (unpaired) electrons. The van der Waals surface area contributed by atoms with E-state index in [0.29, 0.717) is 35.2 Å². The predicted octanol–water partition coefficient (Wildman–Crippen LogP) is 3.27. The molecule has 18 heavy (non-hydrogen) atoms. The van der Waals surface area contributed by atoms with E-state index in [1.165, 1.54) is 6.21 Å². The summed E-state index contributed by atoms with van der Waals surface area (Å²) in [6.07, 6.45) is 2.45. The average Bonchev–Trinajstić information content (AvgIpc) is 2.34. The fourth-order valence-corrected chi connectivity index (χ4v) is 1.66. The van der Waals surface area contributed by atoms with Gasteiger partial charge in [-0.15, -0.1) is 0 Å². The molecule has 1 amide bonds. The number of ether oxygens (including phenoxy) is 1. The third-order valence-corrected chi connectivity index (χ3v) is 2.55. The van der Waals surface area contributed by atoms with Crippen molar-refractivity contribution in [1.29, 1.82) is 0 Å². The van der Waals surface area contributed by atoms with Crippen LogP contribution in [0.15, 0.2) is 23.3 Å². The quantitative estimate of drug-likeness (QED) is 0.496. The molecule has 0 atom stereocenters. The number of hydrogen-bond donors (Lipinski definition) is 1. The Morgan fingerprint density at radius 2 is 2.28 bits per heavy atom. The first-order valence-electron chi connectivity index (χ1n) is 5.48. The molecule has 1 aromatic carbocycles. The van der Waals surface area contributed by atoms with Crippen LogP contribution in [-0.2, 0) is 4.79 Å². The van der Waals surface area contributed by atoms with Gasteiger partial charge in [-0.25, -0.2) is 5.43 Å². The molecular weight excluding hydrogens is 275 g/mol. The Kier molecular flexibility index (Phi) is 6.54. The van der Waals surface area contributed by atoms with Gasteiger partial charge in [0, 0.05) is 17.7 Å². The Labute approximate surface area is 116 Å². The van der Waals surface area contributed by atoms with Crippen LogP contribution in [0.4, 0.5) is 0 Å². The summed E-state index contributed by atoms with van der Waals surface area (Å²) >= 11 is 11.7.